The van der Waals surface area contributed by atoms with E-state index in [4.69, 9.17) is 11.6 Å². The second-order valence-corrected chi connectivity index (χ2v) is 8.35. The molecule has 1 saturated carbocycles. The van der Waals surface area contributed by atoms with Crippen LogP contribution in [-0.2, 0) is 4.79 Å². The number of fused-ring (bicyclic) bond motifs is 1. The van der Waals surface area contributed by atoms with Gasteiger partial charge in [0.2, 0.25) is 5.91 Å². The highest BCUT2D eigenvalue weighted by Crippen LogP contribution is 2.28. The van der Waals surface area contributed by atoms with Crippen LogP contribution < -0.4 is 16.0 Å². The molecule has 0 bridgehead atoms. The van der Waals surface area contributed by atoms with Crippen LogP contribution in [0.3, 0.4) is 0 Å². The summed E-state index contributed by atoms with van der Waals surface area (Å²) in [5, 5.41) is 11.2. The maximum Gasteiger partial charge on any atom is 0.253 e. The van der Waals surface area contributed by atoms with E-state index < -0.39 is 0 Å². The Bertz CT molecular complexity index is 1110. The van der Waals surface area contributed by atoms with Gasteiger partial charge in [-0.15, -0.1) is 0 Å². The lowest BCUT2D eigenvalue weighted by Crippen LogP contribution is -2.40. The third-order valence-electron chi connectivity index (χ3n) is 5.61. The molecule has 2 aromatic carbocycles. The summed E-state index contributed by atoms with van der Waals surface area (Å²) in [6, 6.07) is 15.2. The number of carbonyl (C=O) groups is 2. The highest BCUT2D eigenvalue weighted by Gasteiger charge is 2.24. The smallest absolute Gasteiger partial charge is 0.253 e. The molecule has 0 spiro atoms. The molecule has 0 aliphatic heterocycles. The molecular formula is C24H25ClN4O2. The minimum Gasteiger partial charge on any atom is -0.382 e. The van der Waals surface area contributed by atoms with Gasteiger partial charge in [-0.25, -0.2) is 0 Å². The Hall–Kier alpha value is -3.12. The molecule has 3 aromatic rings. The Morgan fingerprint density at radius 1 is 0.968 bits per heavy atom. The number of anilines is 2. The van der Waals surface area contributed by atoms with Crippen LogP contribution in [0.15, 0.2) is 54.7 Å². The summed E-state index contributed by atoms with van der Waals surface area (Å²) >= 11 is 6.08. The molecule has 1 aliphatic carbocycles. The van der Waals surface area contributed by atoms with E-state index in [9.17, 15) is 9.59 Å². The summed E-state index contributed by atoms with van der Waals surface area (Å²) in [6.45, 7) is 1.43. The molecule has 4 rings (SSSR count). The van der Waals surface area contributed by atoms with Crippen LogP contribution in [0, 0.1) is 0 Å². The van der Waals surface area contributed by atoms with Crippen molar-refractivity contribution < 1.29 is 9.59 Å². The number of rotatable bonds is 5. The highest BCUT2D eigenvalue weighted by atomic mass is 35.5. The van der Waals surface area contributed by atoms with Crippen molar-refractivity contribution in [3.05, 3.63) is 65.3 Å². The van der Waals surface area contributed by atoms with Crippen molar-refractivity contribution in [2.75, 3.05) is 10.6 Å². The van der Waals surface area contributed by atoms with E-state index >= 15 is 0 Å². The number of benzene rings is 2. The van der Waals surface area contributed by atoms with E-state index in [1.54, 1.807) is 30.5 Å². The van der Waals surface area contributed by atoms with Crippen LogP contribution >= 0.6 is 11.6 Å². The Balaban J connectivity index is 1.36. The van der Waals surface area contributed by atoms with Gasteiger partial charge in [-0.1, -0.05) is 23.7 Å². The van der Waals surface area contributed by atoms with Crippen LogP contribution in [0.1, 0.15) is 43.0 Å². The van der Waals surface area contributed by atoms with Gasteiger partial charge in [0.05, 0.1) is 16.8 Å². The maximum absolute atomic E-state index is 12.8. The van der Waals surface area contributed by atoms with Gasteiger partial charge in [-0.05, 0) is 62.1 Å². The zero-order valence-electron chi connectivity index (χ0n) is 17.3. The molecule has 3 N–H and O–H groups in total. The zero-order valence-corrected chi connectivity index (χ0v) is 18.1. The van der Waals surface area contributed by atoms with Crippen molar-refractivity contribution in [3.8, 4) is 0 Å². The van der Waals surface area contributed by atoms with E-state index in [2.05, 4.69) is 20.9 Å². The number of hydrogen-bond acceptors (Lipinski definition) is 4. The summed E-state index contributed by atoms with van der Waals surface area (Å²) in [5.74, 6) is -0.351. The summed E-state index contributed by atoms with van der Waals surface area (Å²) in [5.41, 5.74) is 2.95. The molecule has 0 unspecified atom stereocenters. The number of carbonyl (C=O) groups excluding carboxylic acids is 2. The van der Waals surface area contributed by atoms with E-state index in [0.717, 1.165) is 42.3 Å². The summed E-state index contributed by atoms with van der Waals surface area (Å²) < 4.78 is 0. The fourth-order valence-corrected chi connectivity index (χ4v) is 4.26. The average molecular weight is 437 g/mol. The third kappa shape index (κ3) is 5.14. The fourth-order valence-electron chi connectivity index (χ4n) is 4.09. The monoisotopic (exact) mass is 436 g/mol. The molecule has 0 radical (unpaired) electrons. The van der Waals surface area contributed by atoms with Crippen LogP contribution in [0.5, 0.6) is 0 Å². The first-order valence-electron chi connectivity index (χ1n) is 10.5. The maximum atomic E-state index is 12.8. The molecule has 1 aromatic heterocycles. The van der Waals surface area contributed by atoms with Gasteiger partial charge in [0, 0.05) is 41.3 Å². The van der Waals surface area contributed by atoms with Gasteiger partial charge in [-0.3, -0.25) is 14.6 Å². The van der Waals surface area contributed by atoms with E-state index in [-0.39, 0.29) is 17.9 Å². The van der Waals surface area contributed by atoms with Crippen molar-refractivity contribution in [2.45, 2.75) is 44.7 Å². The second-order valence-electron chi connectivity index (χ2n) is 7.91. The minimum absolute atomic E-state index is 0.115. The lowest BCUT2D eigenvalue weighted by Gasteiger charge is -2.30. The van der Waals surface area contributed by atoms with E-state index in [1.807, 2.05) is 24.3 Å². The van der Waals surface area contributed by atoms with Crippen LogP contribution in [0.4, 0.5) is 11.4 Å². The number of amides is 2. The molecule has 160 valence electrons. The Labute approximate surface area is 186 Å². The second kappa shape index (κ2) is 9.35. The topological polar surface area (TPSA) is 83.1 Å². The first-order valence-corrected chi connectivity index (χ1v) is 10.9. The summed E-state index contributed by atoms with van der Waals surface area (Å²) in [6.07, 6.45) is 5.48. The predicted octanol–water partition coefficient (Wildman–Crippen LogP) is 5.00. The molecule has 2 amide bonds. The van der Waals surface area contributed by atoms with Gasteiger partial charge >= 0.3 is 0 Å². The summed E-state index contributed by atoms with van der Waals surface area (Å²) in [4.78, 5) is 28.6. The first kappa shape index (κ1) is 21.1. The predicted molar refractivity (Wildman–Crippen MR) is 125 cm³/mol. The minimum atomic E-state index is -0.197. The van der Waals surface area contributed by atoms with Crippen molar-refractivity contribution in [1.29, 1.82) is 0 Å². The number of nitrogens with zero attached hydrogens (tertiary/aromatic N) is 1. The molecule has 31 heavy (non-hydrogen) atoms. The third-order valence-corrected chi connectivity index (χ3v) is 5.84. The van der Waals surface area contributed by atoms with Crippen LogP contribution in [0.2, 0.25) is 5.02 Å². The van der Waals surface area contributed by atoms with Crippen molar-refractivity contribution in [1.82, 2.24) is 10.3 Å². The number of para-hydroxylation sites is 1. The fraction of sp³-hybridized carbons (Fsp3) is 0.292. The van der Waals surface area contributed by atoms with Gasteiger partial charge in [0.15, 0.2) is 0 Å². The lowest BCUT2D eigenvalue weighted by molar-refractivity contribution is -0.114. The quantitative estimate of drug-likeness (QED) is 0.525. The van der Waals surface area contributed by atoms with Crippen molar-refractivity contribution in [3.63, 3.8) is 0 Å². The van der Waals surface area contributed by atoms with Gasteiger partial charge in [0.25, 0.3) is 5.91 Å². The molecule has 1 heterocycles. The van der Waals surface area contributed by atoms with Crippen LogP contribution in [-0.4, -0.2) is 28.9 Å². The lowest BCUT2D eigenvalue weighted by atomic mass is 9.90. The van der Waals surface area contributed by atoms with E-state index in [1.165, 1.54) is 6.92 Å². The van der Waals surface area contributed by atoms with Crippen LogP contribution in [0.25, 0.3) is 10.9 Å². The largest absolute Gasteiger partial charge is 0.382 e. The SMILES string of the molecule is CC(=O)Nc1ccccc1C(=O)NC1CCC(Nc2ccnc3cc(Cl)ccc23)CC1. The van der Waals surface area contributed by atoms with Crippen molar-refractivity contribution >= 4 is 45.7 Å². The number of halogens is 1. The molecule has 1 aliphatic rings. The standard InChI is InChI=1S/C24H25ClN4O2/c1-15(30)27-21-5-3-2-4-20(21)24(31)29-18-9-7-17(8-10-18)28-22-12-13-26-23-14-16(25)6-11-19(22)23/h2-6,11-14,17-18H,7-10H2,1H3,(H,26,28)(H,27,30)(H,29,31). The number of aromatic nitrogens is 1. The molecule has 7 heteroatoms. The first-order chi connectivity index (χ1) is 15.0. The molecule has 1 fully saturated rings. The number of nitrogens with one attached hydrogen (secondary N) is 3. The summed E-state index contributed by atoms with van der Waals surface area (Å²) in [7, 11) is 0. The average Bonchev–Trinajstić information content (AvgIpc) is 2.75. The molecule has 6 nitrogen and oxygen atoms in total. The van der Waals surface area contributed by atoms with Gasteiger partial charge < -0.3 is 16.0 Å². The van der Waals surface area contributed by atoms with E-state index in [0.29, 0.717) is 22.3 Å². The number of pyridine rings is 1. The Morgan fingerprint density at radius 3 is 2.48 bits per heavy atom. The molecule has 0 atom stereocenters. The van der Waals surface area contributed by atoms with Crippen molar-refractivity contribution in [2.24, 2.45) is 0 Å². The Morgan fingerprint density at radius 2 is 1.71 bits per heavy atom. The normalized spacial score (nSPS) is 18.4. The number of hydrogen-bond donors (Lipinski definition) is 3. The zero-order chi connectivity index (χ0) is 21.8. The van der Waals surface area contributed by atoms with Gasteiger partial charge in [-0.2, -0.15) is 0 Å². The Kier molecular flexibility index (Phi) is 6.37. The van der Waals surface area contributed by atoms with Gasteiger partial charge in [0.1, 0.15) is 0 Å². The highest BCUT2D eigenvalue weighted by molar-refractivity contribution is 6.31. The molecule has 0 saturated heterocycles. The molecular weight excluding hydrogens is 412 g/mol.